The third-order valence-corrected chi connectivity index (χ3v) is 6.96. The third-order valence-electron chi connectivity index (χ3n) is 6.41. The van der Waals surface area contributed by atoms with E-state index < -0.39 is 0 Å². The fraction of sp³-hybridized carbons (Fsp3) is 0.308. The molecule has 1 aromatic carbocycles. The highest BCUT2D eigenvalue weighted by atomic mass is 79.9. The Balaban J connectivity index is 1.28. The molecular weight excluding hydrogens is 508 g/mol. The van der Waals surface area contributed by atoms with Crippen LogP contribution in [0, 0.1) is 0 Å². The molecule has 0 bridgehead atoms. The molecule has 1 aliphatic heterocycles. The number of carbonyl (C=O) groups excluding carboxylic acids is 1. The van der Waals surface area contributed by atoms with Gasteiger partial charge in [-0.25, -0.2) is 9.78 Å². The standard InChI is InChI=1S/C26H27BrN6O2/c1-35-26(34)21-6-2-4-18(12-21)17-32-10-7-20(8-11-32)23-13-24(29-15-19-5-3-9-28-14-19)33-25(31-23)22(27)16-30-33/h2-6,9,12-14,16,20,29H,7-8,10-11,15,17H2,1H3. The first kappa shape index (κ1) is 23.4. The maximum Gasteiger partial charge on any atom is 0.337 e. The first-order valence-corrected chi connectivity index (χ1v) is 12.5. The lowest BCUT2D eigenvalue weighted by atomic mass is 9.93. The van der Waals surface area contributed by atoms with Gasteiger partial charge in [0.2, 0.25) is 0 Å². The number of nitrogens with one attached hydrogen (secondary N) is 1. The Hall–Kier alpha value is -3.30. The molecule has 0 saturated carbocycles. The first-order chi connectivity index (χ1) is 17.1. The number of methoxy groups -OCH3 is 1. The zero-order valence-electron chi connectivity index (χ0n) is 19.5. The van der Waals surface area contributed by atoms with E-state index in [0.29, 0.717) is 18.0 Å². The van der Waals surface area contributed by atoms with Gasteiger partial charge >= 0.3 is 5.97 Å². The number of benzene rings is 1. The minimum absolute atomic E-state index is 0.300. The number of pyridine rings is 1. The van der Waals surface area contributed by atoms with Crippen LogP contribution in [0.3, 0.4) is 0 Å². The molecule has 0 atom stereocenters. The lowest BCUT2D eigenvalue weighted by molar-refractivity contribution is 0.0600. The van der Waals surface area contributed by atoms with Gasteiger partial charge in [-0.15, -0.1) is 0 Å². The summed E-state index contributed by atoms with van der Waals surface area (Å²) in [6, 6.07) is 13.8. The van der Waals surface area contributed by atoms with Crippen molar-refractivity contribution in [3.05, 3.63) is 87.9 Å². The average Bonchev–Trinajstić information content (AvgIpc) is 3.28. The van der Waals surface area contributed by atoms with E-state index in [9.17, 15) is 4.79 Å². The molecule has 4 heterocycles. The summed E-state index contributed by atoms with van der Waals surface area (Å²) in [6.45, 7) is 3.42. The Morgan fingerprint density at radius 2 is 1.97 bits per heavy atom. The van der Waals surface area contributed by atoms with Crippen molar-refractivity contribution in [2.24, 2.45) is 0 Å². The number of nitrogens with zero attached hydrogens (tertiary/aromatic N) is 5. The SMILES string of the molecule is COC(=O)c1cccc(CN2CCC(c3cc(NCc4cccnc4)n4ncc(Br)c4n3)CC2)c1. The van der Waals surface area contributed by atoms with Gasteiger partial charge in [0, 0.05) is 43.2 Å². The second kappa shape index (κ2) is 10.5. The summed E-state index contributed by atoms with van der Waals surface area (Å²) >= 11 is 3.60. The number of piperidine rings is 1. The zero-order chi connectivity index (χ0) is 24.2. The number of hydrogen-bond acceptors (Lipinski definition) is 7. The molecule has 35 heavy (non-hydrogen) atoms. The van der Waals surface area contributed by atoms with Crippen LogP contribution in [0.4, 0.5) is 5.82 Å². The number of aromatic nitrogens is 4. The molecule has 1 fully saturated rings. The van der Waals surface area contributed by atoms with E-state index in [-0.39, 0.29) is 5.97 Å². The maximum absolute atomic E-state index is 11.8. The minimum atomic E-state index is -0.300. The summed E-state index contributed by atoms with van der Waals surface area (Å²) in [7, 11) is 1.41. The van der Waals surface area contributed by atoms with Crippen LogP contribution < -0.4 is 5.32 Å². The van der Waals surface area contributed by atoms with Crippen molar-refractivity contribution >= 4 is 33.4 Å². The van der Waals surface area contributed by atoms with Crippen LogP contribution in [0.15, 0.2) is 65.5 Å². The molecule has 180 valence electrons. The molecule has 0 radical (unpaired) electrons. The number of carbonyl (C=O) groups is 1. The van der Waals surface area contributed by atoms with E-state index in [0.717, 1.165) is 65.2 Å². The predicted octanol–water partition coefficient (Wildman–Crippen LogP) is 4.67. The van der Waals surface area contributed by atoms with Gasteiger partial charge in [0.05, 0.1) is 23.3 Å². The second-order valence-corrected chi connectivity index (χ2v) is 9.61. The molecule has 0 aliphatic carbocycles. The number of hydrogen-bond donors (Lipinski definition) is 1. The van der Waals surface area contributed by atoms with Crippen LogP contribution >= 0.6 is 15.9 Å². The monoisotopic (exact) mass is 534 g/mol. The highest BCUT2D eigenvalue weighted by molar-refractivity contribution is 9.10. The Labute approximate surface area is 212 Å². The molecule has 9 heteroatoms. The summed E-state index contributed by atoms with van der Waals surface area (Å²) < 4.78 is 7.57. The van der Waals surface area contributed by atoms with Crippen molar-refractivity contribution in [2.75, 3.05) is 25.5 Å². The van der Waals surface area contributed by atoms with Gasteiger partial charge in [-0.05, 0) is 71.2 Å². The molecule has 5 rings (SSSR count). The summed E-state index contributed by atoms with van der Waals surface area (Å²) in [5.74, 6) is 0.992. The Morgan fingerprint density at radius 3 is 2.74 bits per heavy atom. The average molecular weight is 535 g/mol. The van der Waals surface area contributed by atoms with E-state index in [1.54, 1.807) is 18.5 Å². The second-order valence-electron chi connectivity index (χ2n) is 8.75. The molecule has 4 aromatic rings. The van der Waals surface area contributed by atoms with Gasteiger partial charge < -0.3 is 10.1 Å². The maximum atomic E-state index is 11.8. The van der Waals surface area contributed by atoms with Crippen molar-refractivity contribution in [2.45, 2.75) is 31.8 Å². The number of fused-ring (bicyclic) bond motifs is 1. The Kier molecular flexibility index (Phi) is 7.06. The number of rotatable bonds is 7. The van der Waals surface area contributed by atoms with E-state index in [2.05, 4.69) is 54.4 Å². The number of halogens is 1. The molecule has 1 aliphatic rings. The predicted molar refractivity (Wildman–Crippen MR) is 137 cm³/mol. The fourth-order valence-corrected chi connectivity index (χ4v) is 4.89. The van der Waals surface area contributed by atoms with Crippen molar-refractivity contribution in [3.8, 4) is 0 Å². The summed E-state index contributed by atoms with van der Waals surface area (Å²) in [6.07, 6.45) is 7.47. The summed E-state index contributed by atoms with van der Waals surface area (Å²) in [4.78, 5) is 23.4. The highest BCUT2D eigenvalue weighted by Gasteiger charge is 2.24. The van der Waals surface area contributed by atoms with E-state index in [4.69, 9.17) is 9.72 Å². The number of anilines is 1. The molecule has 3 aromatic heterocycles. The van der Waals surface area contributed by atoms with Gasteiger partial charge in [0.15, 0.2) is 5.65 Å². The van der Waals surface area contributed by atoms with Crippen LogP contribution in [0.5, 0.6) is 0 Å². The zero-order valence-corrected chi connectivity index (χ0v) is 21.1. The lowest BCUT2D eigenvalue weighted by Crippen LogP contribution is -2.32. The third kappa shape index (κ3) is 5.36. The van der Waals surface area contributed by atoms with Gasteiger partial charge in [0.1, 0.15) is 5.82 Å². The van der Waals surface area contributed by atoms with Crippen LogP contribution in [-0.2, 0) is 17.8 Å². The van der Waals surface area contributed by atoms with Gasteiger partial charge in [-0.3, -0.25) is 9.88 Å². The summed E-state index contributed by atoms with van der Waals surface area (Å²) in [5.41, 5.74) is 4.72. The first-order valence-electron chi connectivity index (χ1n) is 11.7. The number of esters is 1. The van der Waals surface area contributed by atoms with Gasteiger partial charge in [-0.1, -0.05) is 18.2 Å². The van der Waals surface area contributed by atoms with Crippen molar-refractivity contribution in [1.29, 1.82) is 0 Å². The molecule has 0 spiro atoms. The summed E-state index contributed by atoms with van der Waals surface area (Å²) in [5, 5.41) is 8.00. The van der Waals surface area contributed by atoms with Crippen LogP contribution in [0.2, 0.25) is 0 Å². The molecule has 0 amide bonds. The van der Waals surface area contributed by atoms with E-state index in [1.165, 1.54) is 7.11 Å². The molecule has 1 saturated heterocycles. The van der Waals surface area contributed by atoms with Crippen LogP contribution in [0.25, 0.3) is 5.65 Å². The van der Waals surface area contributed by atoms with Crippen molar-refractivity contribution in [3.63, 3.8) is 0 Å². The largest absolute Gasteiger partial charge is 0.465 e. The lowest BCUT2D eigenvalue weighted by Gasteiger charge is -2.32. The highest BCUT2D eigenvalue weighted by Crippen LogP contribution is 2.31. The molecule has 8 nitrogen and oxygen atoms in total. The van der Waals surface area contributed by atoms with Crippen LogP contribution in [0.1, 0.15) is 45.9 Å². The van der Waals surface area contributed by atoms with E-state index >= 15 is 0 Å². The van der Waals surface area contributed by atoms with Crippen molar-refractivity contribution < 1.29 is 9.53 Å². The molecule has 0 unspecified atom stereocenters. The molecule has 1 N–H and O–H groups in total. The quantitative estimate of drug-likeness (QED) is 0.345. The minimum Gasteiger partial charge on any atom is -0.465 e. The smallest absolute Gasteiger partial charge is 0.337 e. The van der Waals surface area contributed by atoms with Crippen LogP contribution in [-0.4, -0.2) is 50.7 Å². The topological polar surface area (TPSA) is 84.7 Å². The number of ether oxygens (including phenoxy) is 1. The number of likely N-dealkylation sites (tertiary alicyclic amines) is 1. The van der Waals surface area contributed by atoms with Crippen molar-refractivity contribution in [1.82, 2.24) is 24.5 Å². The Bertz CT molecular complexity index is 1320. The van der Waals surface area contributed by atoms with E-state index in [1.807, 2.05) is 28.9 Å². The molecular formula is C26H27BrN6O2. The Morgan fingerprint density at radius 1 is 1.14 bits per heavy atom. The fourth-order valence-electron chi connectivity index (χ4n) is 4.54. The van der Waals surface area contributed by atoms with Gasteiger partial charge in [0.25, 0.3) is 0 Å². The van der Waals surface area contributed by atoms with Gasteiger partial charge in [-0.2, -0.15) is 9.61 Å². The normalized spacial score (nSPS) is 14.8.